The Balaban J connectivity index is 1.88. The Hall–Kier alpha value is -1.89. The molecule has 0 unspecified atom stereocenters. The maximum absolute atomic E-state index is 5.10. The van der Waals surface area contributed by atoms with Crippen molar-refractivity contribution in [2.45, 2.75) is 26.9 Å². The molecule has 0 spiro atoms. The lowest BCUT2D eigenvalue weighted by atomic mass is 10.2. The number of aromatic amines is 1. The van der Waals surface area contributed by atoms with E-state index in [2.05, 4.69) is 25.7 Å². The number of aromatic nitrogens is 4. The molecule has 2 heterocycles. The minimum atomic E-state index is 0.630. The topological polar surface area (TPSA) is 82.9 Å². The summed E-state index contributed by atoms with van der Waals surface area (Å²) in [5, 5.41) is 14.2. The number of nitrogens with zero attached hydrogens (tertiary/aromatic N) is 4. The number of rotatable bonds is 5. The van der Waals surface area contributed by atoms with E-state index in [0.717, 1.165) is 22.8 Å². The smallest absolute Gasteiger partial charge is 0.244 e. The summed E-state index contributed by atoms with van der Waals surface area (Å²) in [4.78, 5) is 6.19. The summed E-state index contributed by atoms with van der Waals surface area (Å²) < 4.78 is 5.10. The molecule has 98 valence electrons. The van der Waals surface area contributed by atoms with Crippen molar-refractivity contribution in [2.24, 2.45) is 0 Å². The van der Waals surface area contributed by atoms with E-state index < -0.39 is 0 Å². The maximum Gasteiger partial charge on any atom is 0.244 e. The molecular weight excluding hydrogens is 232 g/mol. The molecule has 0 saturated heterocycles. The summed E-state index contributed by atoms with van der Waals surface area (Å²) in [7, 11) is 3.81. The molecule has 2 aromatic rings. The number of nitrogens with one attached hydrogen (secondary N) is 2. The fraction of sp³-hybridized carbons (Fsp3) is 0.545. The lowest BCUT2D eigenvalue weighted by Crippen LogP contribution is -2.15. The monoisotopic (exact) mass is 250 g/mol. The van der Waals surface area contributed by atoms with Gasteiger partial charge in [-0.15, -0.1) is 5.10 Å². The van der Waals surface area contributed by atoms with Crippen molar-refractivity contribution in [3.63, 3.8) is 0 Å². The van der Waals surface area contributed by atoms with Gasteiger partial charge in [0, 0.05) is 26.2 Å². The van der Waals surface area contributed by atoms with Crippen LogP contribution in [0.3, 0.4) is 0 Å². The van der Waals surface area contributed by atoms with Gasteiger partial charge >= 0.3 is 0 Å². The fourth-order valence-electron chi connectivity index (χ4n) is 1.62. The number of anilines is 1. The molecule has 0 aliphatic carbocycles. The first-order valence-corrected chi connectivity index (χ1v) is 5.79. The minimum Gasteiger partial charge on any atom is -0.361 e. The second-order valence-electron chi connectivity index (χ2n) is 4.38. The van der Waals surface area contributed by atoms with E-state index in [9.17, 15) is 0 Å². The lowest BCUT2D eigenvalue weighted by molar-refractivity contribution is 0.392. The predicted octanol–water partition coefficient (Wildman–Crippen LogP) is 0.765. The third-order valence-corrected chi connectivity index (χ3v) is 2.70. The molecule has 0 aromatic carbocycles. The van der Waals surface area contributed by atoms with Gasteiger partial charge in [-0.1, -0.05) is 5.16 Å². The number of aryl methyl sites for hydroxylation is 2. The van der Waals surface area contributed by atoms with Crippen LogP contribution in [0.2, 0.25) is 0 Å². The molecule has 7 heteroatoms. The first kappa shape index (κ1) is 12.6. The molecule has 18 heavy (non-hydrogen) atoms. The van der Waals surface area contributed by atoms with Gasteiger partial charge in [0.15, 0.2) is 0 Å². The average Bonchev–Trinajstić information content (AvgIpc) is 2.90. The van der Waals surface area contributed by atoms with Gasteiger partial charge in [0.25, 0.3) is 0 Å². The number of H-pyrrole nitrogens is 1. The zero-order chi connectivity index (χ0) is 13.1. The third-order valence-electron chi connectivity index (χ3n) is 2.70. The summed E-state index contributed by atoms with van der Waals surface area (Å²) in [5.41, 5.74) is 2.02. The molecule has 0 aliphatic rings. The Morgan fingerprint density at radius 2 is 2.06 bits per heavy atom. The van der Waals surface area contributed by atoms with E-state index in [1.54, 1.807) is 0 Å². The summed E-state index contributed by atoms with van der Waals surface area (Å²) in [6.45, 7) is 5.19. The molecule has 0 bridgehead atoms. The first-order valence-electron chi connectivity index (χ1n) is 5.79. The van der Waals surface area contributed by atoms with Crippen LogP contribution in [0.25, 0.3) is 0 Å². The molecular formula is C11H18N6O. The van der Waals surface area contributed by atoms with Crippen molar-refractivity contribution in [1.29, 1.82) is 0 Å². The van der Waals surface area contributed by atoms with Crippen LogP contribution >= 0.6 is 0 Å². The average molecular weight is 250 g/mol. The molecule has 0 fully saturated rings. The van der Waals surface area contributed by atoms with Crippen LogP contribution in [0.5, 0.6) is 0 Å². The van der Waals surface area contributed by atoms with Crippen molar-refractivity contribution in [3.05, 3.63) is 22.8 Å². The van der Waals surface area contributed by atoms with Crippen molar-refractivity contribution < 1.29 is 4.52 Å². The van der Waals surface area contributed by atoms with Gasteiger partial charge in [-0.25, -0.2) is 0 Å². The van der Waals surface area contributed by atoms with Crippen molar-refractivity contribution >= 4 is 5.95 Å². The Bertz CT molecular complexity index is 496. The summed E-state index contributed by atoms with van der Waals surface area (Å²) in [5.74, 6) is 2.35. The van der Waals surface area contributed by atoms with E-state index in [1.807, 2.05) is 32.8 Å². The highest BCUT2D eigenvalue weighted by molar-refractivity contribution is 5.25. The van der Waals surface area contributed by atoms with Gasteiger partial charge in [-0.2, -0.15) is 4.98 Å². The normalized spacial score (nSPS) is 10.9. The fourth-order valence-corrected chi connectivity index (χ4v) is 1.62. The van der Waals surface area contributed by atoms with E-state index >= 15 is 0 Å². The van der Waals surface area contributed by atoms with Gasteiger partial charge in [0.1, 0.15) is 11.6 Å². The zero-order valence-electron chi connectivity index (χ0n) is 11.1. The molecule has 0 aliphatic heterocycles. The number of hydrogen-bond acceptors (Lipinski definition) is 6. The minimum absolute atomic E-state index is 0.630. The molecule has 0 radical (unpaired) electrons. The predicted molar refractivity (Wildman–Crippen MR) is 67.2 cm³/mol. The van der Waals surface area contributed by atoms with Gasteiger partial charge in [-0.05, 0) is 13.8 Å². The van der Waals surface area contributed by atoms with Gasteiger partial charge in [0.2, 0.25) is 5.95 Å². The largest absolute Gasteiger partial charge is 0.361 e. The third kappa shape index (κ3) is 2.67. The Labute approximate surface area is 106 Å². The standard InChI is InChI=1S/C11H18N6O/c1-7-9(8(2)18-16-7)5-12-6-10-13-11(15-14-10)17(3)4/h12H,5-6H2,1-4H3,(H,13,14,15). The highest BCUT2D eigenvalue weighted by Gasteiger charge is 2.09. The van der Waals surface area contributed by atoms with Crippen molar-refractivity contribution in [2.75, 3.05) is 19.0 Å². The first-order chi connectivity index (χ1) is 8.58. The van der Waals surface area contributed by atoms with Crippen molar-refractivity contribution in [3.8, 4) is 0 Å². The highest BCUT2D eigenvalue weighted by atomic mass is 16.5. The molecule has 0 atom stereocenters. The van der Waals surface area contributed by atoms with Gasteiger partial charge in [-0.3, -0.25) is 5.10 Å². The Morgan fingerprint density at radius 3 is 2.61 bits per heavy atom. The molecule has 0 amide bonds. The van der Waals surface area contributed by atoms with Crippen molar-refractivity contribution in [1.82, 2.24) is 25.7 Å². The summed E-state index contributed by atoms with van der Waals surface area (Å²) in [6, 6.07) is 0. The molecule has 7 nitrogen and oxygen atoms in total. The highest BCUT2D eigenvalue weighted by Crippen LogP contribution is 2.11. The van der Waals surface area contributed by atoms with E-state index in [-0.39, 0.29) is 0 Å². The molecule has 2 rings (SSSR count). The SMILES string of the molecule is Cc1noc(C)c1CNCc1nc(N(C)C)n[nH]1. The summed E-state index contributed by atoms with van der Waals surface area (Å²) in [6.07, 6.45) is 0. The van der Waals surface area contributed by atoms with E-state index in [4.69, 9.17) is 4.52 Å². The van der Waals surface area contributed by atoms with Crippen LogP contribution in [0.4, 0.5) is 5.95 Å². The van der Waals surface area contributed by atoms with Crippen LogP contribution in [-0.2, 0) is 13.1 Å². The summed E-state index contributed by atoms with van der Waals surface area (Å²) >= 11 is 0. The molecule has 2 N–H and O–H groups in total. The molecule has 0 saturated carbocycles. The zero-order valence-corrected chi connectivity index (χ0v) is 11.1. The number of hydrogen-bond donors (Lipinski definition) is 2. The van der Waals surface area contributed by atoms with Crippen LogP contribution < -0.4 is 10.2 Å². The van der Waals surface area contributed by atoms with E-state index in [1.165, 1.54) is 0 Å². The van der Waals surface area contributed by atoms with Crippen LogP contribution in [0.15, 0.2) is 4.52 Å². The Morgan fingerprint density at radius 1 is 1.28 bits per heavy atom. The van der Waals surface area contributed by atoms with E-state index in [0.29, 0.717) is 19.0 Å². The van der Waals surface area contributed by atoms with Gasteiger partial charge in [0.05, 0.1) is 12.2 Å². The quantitative estimate of drug-likeness (QED) is 0.815. The Kier molecular flexibility index (Phi) is 3.61. The van der Waals surface area contributed by atoms with Crippen LogP contribution in [0, 0.1) is 13.8 Å². The van der Waals surface area contributed by atoms with Crippen LogP contribution in [0.1, 0.15) is 22.8 Å². The molecule has 2 aromatic heterocycles. The van der Waals surface area contributed by atoms with Crippen LogP contribution in [-0.4, -0.2) is 34.4 Å². The maximum atomic E-state index is 5.10. The lowest BCUT2D eigenvalue weighted by Gasteiger charge is -2.04. The second-order valence-corrected chi connectivity index (χ2v) is 4.38. The second kappa shape index (κ2) is 5.18. The van der Waals surface area contributed by atoms with Gasteiger partial charge < -0.3 is 14.7 Å².